The van der Waals surface area contributed by atoms with Crippen molar-refractivity contribution in [1.82, 2.24) is 4.90 Å². The number of benzene rings is 1. The molecule has 0 amide bonds. The highest BCUT2D eigenvalue weighted by Crippen LogP contribution is 2.09. The minimum atomic E-state index is -0.0394. The van der Waals surface area contributed by atoms with Crippen LogP contribution in [0.25, 0.3) is 0 Å². The summed E-state index contributed by atoms with van der Waals surface area (Å²) in [5.74, 6) is 2.66. The SMILES string of the molecule is C#CC1CN(Cc2ccccc2)CCO1. The van der Waals surface area contributed by atoms with Gasteiger partial charge < -0.3 is 4.74 Å². The molecule has 2 nitrogen and oxygen atoms in total. The van der Waals surface area contributed by atoms with Crippen molar-refractivity contribution in [3.05, 3.63) is 35.9 Å². The Morgan fingerprint density at radius 3 is 2.93 bits per heavy atom. The van der Waals surface area contributed by atoms with E-state index in [9.17, 15) is 0 Å². The fourth-order valence-corrected chi connectivity index (χ4v) is 1.79. The Kier molecular flexibility index (Phi) is 3.39. The van der Waals surface area contributed by atoms with Crippen LogP contribution in [-0.2, 0) is 11.3 Å². The van der Waals surface area contributed by atoms with Crippen molar-refractivity contribution in [3.8, 4) is 12.3 Å². The number of hydrogen-bond acceptors (Lipinski definition) is 2. The van der Waals surface area contributed by atoms with Gasteiger partial charge in [-0.2, -0.15) is 0 Å². The van der Waals surface area contributed by atoms with E-state index >= 15 is 0 Å². The second-order valence-electron chi connectivity index (χ2n) is 3.75. The summed E-state index contributed by atoms with van der Waals surface area (Å²) >= 11 is 0. The highest BCUT2D eigenvalue weighted by molar-refractivity contribution is 5.14. The van der Waals surface area contributed by atoms with Gasteiger partial charge in [0.05, 0.1) is 6.61 Å². The number of ether oxygens (including phenoxy) is 1. The Labute approximate surface area is 90.9 Å². The molecule has 1 unspecified atom stereocenters. The second-order valence-corrected chi connectivity index (χ2v) is 3.75. The van der Waals surface area contributed by atoms with Crippen LogP contribution >= 0.6 is 0 Å². The molecule has 2 heteroatoms. The Hall–Kier alpha value is -1.30. The van der Waals surface area contributed by atoms with Gasteiger partial charge in [0.1, 0.15) is 6.10 Å². The summed E-state index contributed by atoms with van der Waals surface area (Å²) in [5.41, 5.74) is 1.33. The Balaban J connectivity index is 1.93. The Bertz CT molecular complexity index is 341. The predicted molar refractivity (Wildman–Crippen MR) is 60.3 cm³/mol. The topological polar surface area (TPSA) is 12.5 Å². The van der Waals surface area contributed by atoms with E-state index in [1.54, 1.807) is 0 Å². The fraction of sp³-hybridized carbons (Fsp3) is 0.385. The van der Waals surface area contributed by atoms with Crippen LogP contribution in [0, 0.1) is 12.3 Å². The minimum absolute atomic E-state index is 0.0394. The number of nitrogens with zero attached hydrogens (tertiary/aromatic N) is 1. The predicted octanol–water partition coefficient (Wildman–Crippen LogP) is 1.52. The van der Waals surface area contributed by atoms with Gasteiger partial charge >= 0.3 is 0 Å². The number of terminal acetylenes is 1. The van der Waals surface area contributed by atoms with E-state index in [2.05, 4.69) is 35.1 Å². The molecule has 0 saturated carbocycles. The van der Waals surface area contributed by atoms with Crippen molar-refractivity contribution in [3.63, 3.8) is 0 Å². The summed E-state index contributed by atoms with van der Waals surface area (Å²) in [4.78, 5) is 2.34. The van der Waals surface area contributed by atoms with Gasteiger partial charge in [-0.15, -0.1) is 6.42 Å². The van der Waals surface area contributed by atoms with E-state index in [0.717, 1.165) is 26.2 Å². The maximum absolute atomic E-state index is 5.42. The van der Waals surface area contributed by atoms with Gasteiger partial charge in [-0.05, 0) is 5.56 Å². The number of morpholine rings is 1. The van der Waals surface area contributed by atoms with Gasteiger partial charge in [-0.1, -0.05) is 36.3 Å². The first-order chi connectivity index (χ1) is 7.38. The number of rotatable bonds is 2. The van der Waals surface area contributed by atoms with E-state index in [1.165, 1.54) is 5.56 Å². The Morgan fingerprint density at radius 1 is 1.40 bits per heavy atom. The van der Waals surface area contributed by atoms with E-state index in [1.807, 2.05) is 6.07 Å². The van der Waals surface area contributed by atoms with Crippen molar-refractivity contribution in [2.75, 3.05) is 19.7 Å². The van der Waals surface area contributed by atoms with Crippen LogP contribution in [0.15, 0.2) is 30.3 Å². The molecule has 0 aliphatic carbocycles. The third-order valence-corrected chi connectivity index (χ3v) is 2.59. The van der Waals surface area contributed by atoms with Crippen molar-refractivity contribution in [2.24, 2.45) is 0 Å². The lowest BCUT2D eigenvalue weighted by atomic mass is 10.2. The summed E-state index contributed by atoms with van der Waals surface area (Å²) in [7, 11) is 0. The van der Waals surface area contributed by atoms with E-state index < -0.39 is 0 Å². The largest absolute Gasteiger partial charge is 0.363 e. The monoisotopic (exact) mass is 201 g/mol. The quantitative estimate of drug-likeness (QED) is 0.673. The van der Waals surface area contributed by atoms with Crippen molar-refractivity contribution in [1.29, 1.82) is 0 Å². The molecule has 0 N–H and O–H groups in total. The van der Waals surface area contributed by atoms with Crippen LogP contribution in [-0.4, -0.2) is 30.7 Å². The molecule has 1 heterocycles. The van der Waals surface area contributed by atoms with Crippen LogP contribution in [0.4, 0.5) is 0 Å². The lowest BCUT2D eigenvalue weighted by Gasteiger charge is -2.30. The zero-order valence-electron chi connectivity index (χ0n) is 8.73. The molecule has 0 radical (unpaired) electrons. The maximum Gasteiger partial charge on any atom is 0.130 e. The molecule has 1 aliphatic heterocycles. The first-order valence-corrected chi connectivity index (χ1v) is 5.22. The third kappa shape index (κ3) is 2.82. The molecule has 2 rings (SSSR count). The average molecular weight is 201 g/mol. The summed E-state index contributed by atoms with van der Waals surface area (Å²) < 4.78 is 5.42. The molecule has 1 fully saturated rings. The van der Waals surface area contributed by atoms with E-state index in [4.69, 9.17) is 11.2 Å². The van der Waals surface area contributed by atoms with Crippen molar-refractivity contribution in [2.45, 2.75) is 12.6 Å². The fourth-order valence-electron chi connectivity index (χ4n) is 1.79. The summed E-state index contributed by atoms with van der Waals surface area (Å²) in [5, 5.41) is 0. The van der Waals surface area contributed by atoms with Gasteiger partial charge in [0.25, 0.3) is 0 Å². The van der Waals surface area contributed by atoms with Crippen molar-refractivity contribution < 1.29 is 4.74 Å². The van der Waals surface area contributed by atoms with Crippen LogP contribution in [0.5, 0.6) is 0 Å². The zero-order chi connectivity index (χ0) is 10.5. The van der Waals surface area contributed by atoms with Crippen LogP contribution in [0.1, 0.15) is 5.56 Å². The molecule has 1 saturated heterocycles. The molecular weight excluding hydrogens is 186 g/mol. The first kappa shape index (κ1) is 10.2. The maximum atomic E-state index is 5.42. The molecule has 1 atom stereocenters. The average Bonchev–Trinajstić information content (AvgIpc) is 2.31. The van der Waals surface area contributed by atoms with Crippen LogP contribution in [0.2, 0.25) is 0 Å². The van der Waals surface area contributed by atoms with Crippen LogP contribution < -0.4 is 0 Å². The van der Waals surface area contributed by atoms with Gasteiger partial charge in [-0.3, -0.25) is 4.90 Å². The zero-order valence-corrected chi connectivity index (χ0v) is 8.73. The smallest absolute Gasteiger partial charge is 0.130 e. The summed E-state index contributed by atoms with van der Waals surface area (Å²) in [6, 6.07) is 10.4. The van der Waals surface area contributed by atoms with E-state index in [-0.39, 0.29) is 6.10 Å². The van der Waals surface area contributed by atoms with Crippen LogP contribution in [0.3, 0.4) is 0 Å². The third-order valence-electron chi connectivity index (χ3n) is 2.59. The first-order valence-electron chi connectivity index (χ1n) is 5.22. The normalized spacial score (nSPS) is 22.2. The van der Waals surface area contributed by atoms with Gasteiger partial charge in [0, 0.05) is 19.6 Å². The molecule has 0 aromatic heterocycles. The standard InChI is InChI=1S/C13H15NO/c1-2-13-11-14(8-9-15-13)10-12-6-4-3-5-7-12/h1,3-7,13H,8-11H2. The highest BCUT2D eigenvalue weighted by atomic mass is 16.5. The van der Waals surface area contributed by atoms with Crippen molar-refractivity contribution >= 4 is 0 Å². The van der Waals surface area contributed by atoms with Gasteiger partial charge in [-0.25, -0.2) is 0 Å². The summed E-state index contributed by atoms with van der Waals surface area (Å²) in [6.07, 6.45) is 5.32. The molecule has 0 bridgehead atoms. The lowest BCUT2D eigenvalue weighted by molar-refractivity contribution is -0.00162. The van der Waals surface area contributed by atoms with Gasteiger partial charge in [0.2, 0.25) is 0 Å². The number of hydrogen-bond donors (Lipinski definition) is 0. The lowest BCUT2D eigenvalue weighted by Crippen LogP contribution is -2.41. The van der Waals surface area contributed by atoms with E-state index in [0.29, 0.717) is 0 Å². The second kappa shape index (κ2) is 4.97. The molecule has 1 aromatic carbocycles. The molecule has 1 aliphatic rings. The molecular formula is C13H15NO. The molecule has 0 spiro atoms. The minimum Gasteiger partial charge on any atom is -0.363 e. The molecule has 1 aromatic rings. The summed E-state index contributed by atoms with van der Waals surface area (Å²) in [6.45, 7) is 3.50. The van der Waals surface area contributed by atoms with Gasteiger partial charge in [0.15, 0.2) is 0 Å². The molecule has 15 heavy (non-hydrogen) atoms. The highest BCUT2D eigenvalue weighted by Gasteiger charge is 2.17. The Morgan fingerprint density at radius 2 is 2.20 bits per heavy atom. The molecule has 78 valence electrons.